The zero-order valence-corrected chi connectivity index (χ0v) is 13.7. The van der Waals surface area contributed by atoms with Gasteiger partial charge in [0, 0.05) is 11.8 Å². The van der Waals surface area contributed by atoms with Crippen molar-refractivity contribution in [2.24, 2.45) is 0 Å². The standard InChI is InChI=1S/C17H16F2N4O2/c1-11-21-10-23(22-11)9-12-6-15(16(24-2)20-8-12)13-4-3-5-14(7-13)25-17(18)19/h3-8,10,17H,9H2,1-2H3. The minimum absolute atomic E-state index is 0.0758. The second-order valence-electron chi connectivity index (χ2n) is 5.30. The second-order valence-corrected chi connectivity index (χ2v) is 5.30. The molecule has 0 saturated heterocycles. The summed E-state index contributed by atoms with van der Waals surface area (Å²) in [6, 6.07) is 8.29. The fourth-order valence-electron chi connectivity index (χ4n) is 2.44. The van der Waals surface area contributed by atoms with Crippen molar-refractivity contribution in [3.63, 3.8) is 0 Å². The second kappa shape index (κ2) is 7.25. The van der Waals surface area contributed by atoms with Gasteiger partial charge in [-0.15, -0.1) is 0 Å². The highest BCUT2D eigenvalue weighted by Gasteiger charge is 2.12. The molecule has 6 nitrogen and oxygen atoms in total. The van der Waals surface area contributed by atoms with Gasteiger partial charge in [0.15, 0.2) is 0 Å². The van der Waals surface area contributed by atoms with Crippen LogP contribution in [0.3, 0.4) is 0 Å². The lowest BCUT2D eigenvalue weighted by molar-refractivity contribution is -0.0498. The number of pyridine rings is 1. The Morgan fingerprint density at radius 1 is 1.20 bits per heavy atom. The van der Waals surface area contributed by atoms with Gasteiger partial charge >= 0.3 is 6.61 Å². The number of hydrogen-bond acceptors (Lipinski definition) is 5. The number of alkyl halides is 2. The maximum atomic E-state index is 12.4. The average molecular weight is 346 g/mol. The van der Waals surface area contributed by atoms with Crippen LogP contribution in [0.1, 0.15) is 11.4 Å². The van der Waals surface area contributed by atoms with E-state index in [1.54, 1.807) is 29.3 Å². The maximum Gasteiger partial charge on any atom is 0.387 e. The molecule has 1 aromatic carbocycles. The van der Waals surface area contributed by atoms with Gasteiger partial charge in [-0.05, 0) is 36.2 Å². The van der Waals surface area contributed by atoms with Crippen molar-refractivity contribution in [3.05, 3.63) is 54.2 Å². The molecule has 0 amide bonds. The van der Waals surface area contributed by atoms with E-state index in [4.69, 9.17) is 4.74 Å². The molecular formula is C17H16F2N4O2. The van der Waals surface area contributed by atoms with E-state index in [0.29, 0.717) is 29.4 Å². The summed E-state index contributed by atoms with van der Waals surface area (Å²) in [6.45, 7) is -0.585. The summed E-state index contributed by atoms with van der Waals surface area (Å²) >= 11 is 0. The quantitative estimate of drug-likeness (QED) is 0.685. The van der Waals surface area contributed by atoms with Gasteiger partial charge in [-0.3, -0.25) is 0 Å². The van der Waals surface area contributed by atoms with Gasteiger partial charge in [-0.1, -0.05) is 12.1 Å². The first-order valence-corrected chi connectivity index (χ1v) is 7.49. The molecular weight excluding hydrogens is 330 g/mol. The third-order valence-corrected chi connectivity index (χ3v) is 3.47. The molecule has 2 aromatic heterocycles. The number of rotatable bonds is 6. The van der Waals surface area contributed by atoms with E-state index in [0.717, 1.165) is 5.56 Å². The van der Waals surface area contributed by atoms with E-state index in [-0.39, 0.29) is 5.75 Å². The van der Waals surface area contributed by atoms with Gasteiger partial charge in [-0.2, -0.15) is 13.9 Å². The summed E-state index contributed by atoms with van der Waals surface area (Å²) in [5.41, 5.74) is 2.22. The Morgan fingerprint density at radius 3 is 2.72 bits per heavy atom. The molecule has 130 valence electrons. The first kappa shape index (κ1) is 16.8. The molecule has 0 N–H and O–H groups in total. The number of ether oxygens (including phenoxy) is 2. The van der Waals surface area contributed by atoms with Gasteiger partial charge in [0.05, 0.1) is 13.7 Å². The Morgan fingerprint density at radius 2 is 2.04 bits per heavy atom. The molecule has 2 heterocycles. The van der Waals surface area contributed by atoms with Gasteiger partial charge in [0.25, 0.3) is 0 Å². The van der Waals surface area contributed by atoms with Crippen molar-refractivity contribution in [1.82, 2.24) is 19.7 Å². The smallest absolute Gasteiger partial charge is 0.387 e. The largest absolute Gasteiger partial charge is 0.481 e. The lowest BCUT2D eigenvalue weighted by atomic mass is 10.0. The molecule has 25 heavy (non-hydrogen) atoms. The van der Waals surface area contributed by atoms with E-state index in [1.807, 2.05) is 13.0 Å². The lowest BCUT2D eigenvalue weighted by Crippen LogP contribution is -2.03. The number of halogens is 2. The highest BCUT2D eigenvalue weighted by molar-refractivity contribution is 5.70. The van der Waals surface area contributed by atoms with E-state index in [2.05, 4.69) is 19.8 Å². The summed E-state index contributed by atoms with van der Waals surface area (Å²) in [6.07, 6.45) is 3.31. The molecule has 0 bridgehead atoms. The van der Waals surface area contributed by atoms with Crippen molar-refractivity contribution in [3.8, 4) is 22.8 Å². The Bertz CT molecular complexity index is 867. The zero-order valence-electron chi connectivity index (χ0n) is 13.7. The van der Waals surface area contributed by atoms with Crippen molar-refractivity contribution in [2.75, 3.05) is 7.11 Å². The van der Waals surface area contributed by atoms with Crippen LogP contribution in [-0.2, 0) is 6.54 Å². The number of hydrogen-bond donors (Lipinski definition) is 0. The predicted octanol–water partition coefficient (Wildman–Crippen LogP) is 3.31. The van der Waals surface area contributed by atoms with Crippen LogP contribution in [0.5, 0.6) is 11.6 Å². The van der Waals surface area contributed by atoms with Crippen LogP contribution < -0.4 is 9.47 Å². The van der Waals surface area contributed by atoms with Gasteiger partial charge < -0.3 is 9.47 Å². The molecule has 0 unspecified atom stereocenters. The minimum Gasteiger partial charge on any atom is -0.481 e. The van der Waals surface area contributed by atoms with Crippen LogP contribution in [0, 0.1) is 6.92 Å². The van der Waals surface area contributed by atoms with Crippen molar-refractivity contribution >= 4 is 0 Å². The first-order chi connectivity index (χ1) is 12.0. The van der Waals surface area contributed by atoms with Gasteiger partial charge in [-0.25, -0.2) is 14.6 Å². The molecule has 0 fully saturated rings. The van der Waals surface area contributed by atoms with E-state index in [1.165, 1.54) is 19.2 Å². The molecule has 3 aromatic rings. The van der Waals surface area contributed by atoms with E-state index in [9.17, 15) is 8.78 Å². The fraction of sp³-hybridized carbons (Fsp3) is 0.235. The fourth-order valence-corrected chi connectivity index (χ4v) is 2.44. The molecule has 0 aliphatic rings. The Kier molecular flexibility index (Phi) is 4.87. The summed E-state index contributed by atoms with van der Waals surface area (Å²) in [4.78, 5) is 8.38. The molecule has 3 rings (SSSR count). The average Bonchev–Trinajstić information content (AvgIpc) is 2.99. The normalized spacial score (nSPS) is 10.9. The molecule has 0 aliphatic carbocycles. The number of aryl methyl sites for hydroxylation is 1. The van der Waals surface area contributed by atoms with Gasteiger partial charge in [0.1, 0.15) is 17.9 Å². The highest BCUT2D eigenvalue weighted by Crippen LogP contribution is 2.31. The third-order valence-electron chi connectivity index (χ3n) is 3.47. The highest BCUT2D eigenvalue weighted by atomic mass is 19.3. The summed E-state index contributed by atoms with van der Waals surface area (Å²) in [5.74, 6) is 1.15. The number of nitrogens with zero attached hydrogens (tertiary/aromatic N) is 4. The molecule has 0 spiro atoms. The van der Waals surface area contributed by atoms with Crippen LogP contribution in [0.15, 0.2) is 42.9 Å². The third kappa shape index (κ3) is 4.09. The summed E-state index contributed by atoms with van der Waals surface area (Å²) in [7, 11) is 1.51. The molecule has 8 heteroatoms. The topological polar surface area (TPSA) is 62.1 Å². The van der Waals surface area contributed by atoms with Crippen LogP contribution in [0.25, 0.3) is 11.1 Å². The Hall–Kier alpha value is -3.03. The summed E-state index contributed by atoms with van der Waals surface area (Å²) < 4.78 is 36.3. The van der Waals surface area contributed by atoms with Crippen molar-refractivity contribution in [1.29, 1.82) is 0 Å². The first-order valence-electron chi connectivity index (χ1n) is 7.49. The number of benzene rings is 1. The van der Waals surface area contributed by atoms with E-state index >= 15 is 0 Å². The molecule has 0 aliphatic heterocycles. The van der Waals surface area contributed by atoms with Crippen LogP contribution in [0.4, 0.5) is 8.78 Å². The Labute approximate surface area is 143 Å². The lowest BCUT2D eigenvalue weighted by Gasteiger charge is -2.11. The molecule has 0 atom stereocenters. The predicted molar refractivity (Wildman–Crippen MR) is 86.7 cm³/mol. The van der Waals surface area contributed by atoms with Crippen molar-refractivity contribution in [2.45, 2.75) is 20.1 Å². The summed E-state index contributed by atoms with van der Waals surface area (Å²) in [5, 5.41) is 4.24. The van der Waals surface area contributed by atoms with Crippen LogP contribution >= 0.6 is 0 Å². The van der Waals surface area contributed by atoms with E-state index < -0.39 is 6.61 Å². The molecule has 0 saturated carbocycles. The van der Waals surface area contributed by atoms with Gasteiger partial charge in [0.2, 0.25) is 5.88 Å². The monoisotopic (exact) mass is 346 g/mol. The molecule has 0 radical (unpaired) electrons. The van der Waals surface area contributed by atoms with Crippen LogP contribution in [0.2, 0.25) is 0 Å². The van der Waals surface area contributed by atoms with Crippen molar-refractivity contribution < 1.29 is 18.3 Å². The maximum absolute atomic E-state index is 12.4. The minimum atomic E-state index is -2.88. The number of methoxy groups -OCH3 is 1. The SMILES string of the molecule is COc1ncc(Cn2cnc(C)n2)cc1-c1cccc(OC(F)F)c1. The number of aromatic nitrogens is 4. The van der Waals surface area contributed by atoms with Crippen LogP contribution in [-0.4, -0.2) is 33.5 Å². The Balaban J connectivity index is 1.95. The zero-order chi connectivity index (χ0) is 17.8.